The highest BCUT2D eigenvalue weighted by Crippen LogP contribution is 2.34. The van der Waals surface area contributed by atoms with Gasteiger partial charge in [0.2, 0.25) is 0 Å². The number of nitrogens with one attached hydrogen (secondary N) is 1. The van der Waals surface area contributed by atoms with Crippen LogP contribution in [0.1, 0.15) is 43.7 Å². The van der Waals surface area contributed by atoms with Crippen molar-refractivity contribution in [2.24, 2.45) is 0 Å². The van der Waals surface area contributed by atoms with Crippen LogP contribution in [0.5, 0.6) is 0 Å². The molecule has 0 saturated heterocycles. The van der Waals surface area contributed by atoms with Gasteiger partial charge in [-0.2, -0.15) is 0 Å². The fourth-order valence-corrected chi connectivity index (χ4v) is 4.31. The molecule has 0 unspecified atom stereocenters. The molecule has 4 rings (SSSR count). The fourth-order valence-electron chi connectivity index (χ4n) is 3.72. The number of aromatic nitrogens is 3. The minimum Gasteiger partial charge on any atom is -0.299 e. The molecule has 0 spiro atoms. The Labute approximate surface area is 167 Å². The first-order valence-electron chi connectivity index (χ1n) is 8.69. The van der Waals surface area contributed by atoms with Crippen LogP contribution in [0.4, 0.5) is 8.78 Å². The fraction of sp³-hybridized carbons (Fsp3) is 0.316. The molecule has 1 saturated carbocycles. The van der Waals surface area contributed by atoms with Crippen LogP contribution in [0.25, 0.3) is 22.3 Å². The number of halogens is 3. The predicted octanol–water partition coefficient (Wildman–Crippen LogP) is 5.94. The lowest BCUT2D eigenvalue weighted by Gasteiger charge is -2.19. The molecular formula is C19H16BrF2N3OS. The zero-order valence-corrected chi connectivity index (χ0v) is 16.6. The number of rotatable bonds is 3. The lowest BCUT2D eigenvalue weighted by Crippen LogP contribution is -2.20. The Bertz CT molecular complexity index is 1120. The number of aromatic amines is 1. The van der Waals surface area contributed by atoms with Crippen molar-refractivity contribution in [2.45, 2.75) is 38.2 Å². The minimum atomic E-state index is -2.79. The molecule has 0 amide bonds. The van der Waals surface area contributed by atoms with Gasteiger partial charge in [-0.3, -0.25) is 14.3 Å². The highest BCUT2D eigenvalue weighted by atomic mass is 79.9. The van der Waals surface area contributed by atoms with Gasteiger partial charge in [0.05, 0.1) is 11.1 Å². The first-order valence-corrected chi connectivity index (χ1v) is 9.89. The Balaban J connectivity index is 2.08. The van der Waals surface area contributed by atoms with E-state index in [1.54, 1.807) is 16.7 Å². The Hall–Kier alpha value is -1.93. The zero-order chi connectivity index (χ0) is 19.1. The van der Waals surface area contributed by atoms with Gasteiger partial charge >= 0.3 is 0 Å². The molecule has 1 fully saturated rings. The van der Waals surface area contributed by atoms with Crippen molar-refractivity contribution < 1.29 is 8.78 Å². The van der Waals surface area contributed by atoms with E-state index in [1.807, 2.05) is 12.1 Å². The highest BCUT2D eigenvalue weighted by Gasteiger charge is 2.24. The van der Waals surface area contributed by atoms with E-state index in [1.165, 1.54) is 6.07 Å². The van der Waals surface area contributed by atoms with Gasteiger partial charge in [0.1, 0.15) is 5.65 Å². The van der Waals surface area contributed by atoms with E-state index in [0.29, 0.717) is 11.3 Å². The SMILES string of the molecule is O=c1[nH]c(=S)n(C2CCCC2)c2nc(-c3ccc(Br)cc3)cc(C(F)F)c12. The quantitative estimate of drug-likeness (QED) is 0.501. The Morgan fingerprint density at radius 1 is 1.22 bits per heavy atom. The number of nitrogens with zero attached hydrogens (tertiary/aromatic N) is 2. The third kappa shape index (κ3) is 3.36. The minimum absolute atomic E-state index is 0.0649. The smallest absolute Gasteiger partial charge is 0.264 e. The van der Waals surface area contributed by atoms with Gasteiger partial charge in [-0.05, 0) is 43.3 Å². The van der Waals surface area contributed by atoms with E-state index in [9.17, 15) is 13.6 Å². The van der Waals surface area contributed by atoms with Crippen molar-refractivity contribution >= 4 is 39.2 Å². The molecule has 4 nitrogen and oxygen atoms in total. The molecule has 1 aliphatic rings. The van der Waals surface area contributed by atoms with Gasteiger partial charge in [0, 0.05) is 21.6 Å². The average molecular weight is 452 g/mol. The Morgan fingerprint density at radius 2 is 1.89 bits per heavy atom. The summed E-state index contributed by atoms with van der Waals surface area (Å²) in [5.74, 6) is 0. The van der Waals surface area contributed by atoms with Crippen LogP contribution in [0.2, 0.25) is 0 Å². The van der Waals surface area contributed by atoms with Crippen molar-refractivity contribution in [1.29, 1.82) is 0 Å². The molecule has 27 heavy (non-hydrogen) atoms. The van der Waals surface area contributed by atoms with Crippen LogP contribution in [0, 0.1) is 4.77 Å². The number of benzene rings is 1. The highest BCUT2D eigenvalue weighted by molar-refractivity contribution is 9.10. The van der Waals surface area contributed by atoms with E-state index in [-0.39, 0.29) is 27.4 Å². The van der Waals surface area contributed by atoms with E-state index in [2.05, 4.69) is 25.9 Å². The number of fused-ring (bicyclic) bond motifs is 1. The first kappa shape index (κ1) is 18.4. The molecule has 0 aliphatic heterocycles. The van der Waals surface area contributed by atoms with Crippen LogP contribution in [0.15, 0.2) is 39.6 Å². The van der Waals surface area contributed by atoms with Crippen LogP contribution in [0.3, 0.4) is 0 Å². The van der Waals surface area contributed by atoms with Crippen LogP contribution in [-0.4, -0.2) is 14.5 Å². The van der Waals surface area contributed by atoms with Gasteiger partial charge in [0.15, 0.2) is 4.77 Å². The molecule has 1 N–H and O–H groups in total. The molecule has 1 aliphatic carbocycles. The second kappa shape index (κ2) is 7.24. The summed E-state index contributed by atoms with van der Waals surface area (Å²) in [5, 5.41) is -0.0774. The third-order valence-corrected chi connectivity index (χ3v) is 5.82. The van der Waals surface area contributed by atoms with Crippen molar-refractivity contribution in [3.63, 3.8) is 0 Å². The lowest BCUT2D eigenvalue weighted by atomic mass is 10.1. The summed E-state index contributed by atoms with van der Waals surface area (Å²) >= 11 is 8.73. The molecule has 0 radical (unpaired) electrons. The van der Waals surface area contributed by atoms with Gasteiger partial charge in [0.25, 0.3) is 12.0 Å². The average Bonchev–Trinajstić information content (AvgIpc) is 3.15. The normalized spacial score (nSPS) is 15.1. The van der Waals surface area contributed by atoms with Crippen molar-refractivity contribution in [3.05, 3.63) is 55.5 Å². The lowest BCUT2D eigenvalue weighted by molar-refractivity contribution is 0.153. The number of pyridine rings is 1. The van der Waals surface area contributed by atoms with Crippen molar-refractivity contribution in [2.75, 3.05) is 0 Å². The Kier molecular flexibility index (Phi) is 4.94. The first-order chi connectivity index (χ1) is 13.0. The molecular weight excluding hydrogens is 436 g/mol. The summed E-state index contributed by atoms with van der Waals surface area (Å²) in [6, 6.07) is 8.61. The van der Waals surface area contributed by atoms with E-state index >= 15 is 0 Å². The largest absolute Gasteiger partial charge is 0.299 e. The van der Waals surface area contributed by atoms with Crippen LogP contribution < -0.4 is 5.56 Å². The monoisotopic (exact) mass is 451 g/mol. The summed E-state index contributed by atoms with van der Waals surface area (Å²) < 4.78 is 30.5. The molecule has 0 atom stereocenters. The molecule has 140 valence electrons. The van der Waals surface area contributed by atoms with Gasteiger partial charge in [-0.1, -0.05) is 40.9 Å². The molecule has 2 aromatic heterocycles. The number of hydrogen-bond donors (Lipinski definition) is 1. The second-order valence-corrected chi connectivity index (χ2v) is 7.97. The maximum absolute atomic E-state index is 13.8. The van der Waals surface area contributed by atoms with E-state index < -0.39 is 12.0 Å². The summed E-state index contributed by atoms with van der Waals surface area (Å²) in [5.41, 5.74) is 0.407. The van der Waals surface area contributed by atoms with Gasteiger partial charge < -0.3 is 0 Å². The van der Waals surface area contributed by atoms with Crippen LogP contribution in [-0.2, 0) is 0 Å². The number of alkyl halides is 2. The maximum atomic E-state index is 13.8. The maximum Gasteiger partial charge on any atom is 0.264 e. The summed E-state index contributed by atoms with van der Waals surface area (Å²) in [4.78, 5) is 19.6. The van der Waals surface area contributed by atoms with Crippen LogP contribution >= 0.6 is 28.1 Å². The molecule has 2 heterocycles. The van der Waals surface area contributed by atoms with Gasteiger partial charge in [-0.25, -0.2) is 13.8 Å². The predicted molar refractivity (Wildman–Crippen MR) is 107 cm³/mol. The number of H-pyrrole nitrogens is 1. The molecule has 8 heteroatoms. The number of hydrogen-bond acceptors (Lipinski definition) is 3. The standard InChI is InChI=1S/C19H16BrF2N3OS/c20-11-7-5-10(6-8-11)14-9-13(16(21)22)15-17(23-14)25(12-3-1-2-4-12)19(27)24-18(15)26/h5-9,12,16H,1-4H2,(H,24,26,27). The summed E-state index contributed by atoms with van der Waals surface area (Å²) in [6.07, 6.45) is 1.08. The van der Waals surface area contributed by atoms with Gasteiger partial charge in [-0.15, -0.1) is 0 Å². The summed E-state index contributed by atoms with van der Waals surface area (Å²) in [6.45, 7) is 0. The molecule has 0 bridgehead atoms. The molecule has 3 aromatic rings. The Morgan fingerprint density at radius 3 is 2.52 bits per heavy atom. The second-order valence-electron chi connectivity index (χ2n) is 6.67. The molecule has 1 aromatic carbocycles. The van der Waals surface area contributed by atoms with Crippen molar-refractivity contribution in [1.82, 2.24) is 14.5 Å². The van der Waals surface area contributed by atoms with Crippen molar-refractivity contribution in [3.8, 4) is 11.3 Å². The third-order valence-electron chi connectivity index (χ3n) is 4.99. The zero-order valence-electron chi connectivity index (χ0n) is 14.2. The topological polar surface area (TPSA) is 50.7 Å². The summed E-state index contributed by atoms with van der Waals surface area (Å²) in [7, 11) is 0. The van der Waals surface area contributed by atoms with E-state index in [0.717, 1.165) is 30.2 Å². The van der Waals surface area contributed by atoms with E-state index in [4.69, 9.17) is 12.2 Å².